The van der Waals surface area contributed by atoms with Crippen LogP contribution >= 0.6 is 12.4 Å². The smallest absolute Gasteiger partial charge is 0.227 e. The molecule has 0 atom stereocenters. The Hall–Kier alpha value is -1.53. The summed E-state index contributed by atoms with van der Waals surface area (Å²) in [5.41, 5.74) is 5.99. The summed E-state index contributed by atoms with van der Waals surface area (Å²) >= 11 is 0. The number of rotatable bonds is 4. The molecule has 2 aromatic heterocycles. The highest BCUT2D eigenvalue weighted by atomic mass is 35.5. The van der Waals surface area contributed by atoms with Crippen LogP contribution in [0.1, 0.15) is 12.3 Å². The predicted octanol–water partition coefficient (Wildman–Crippen LogP) is 0.840. The summed E-state index contributed by atoms with van der Waals surface area (Å²) in [6, 6.07) is 0. The average Bonchev–Trinajstić information content (AvgIpc) is 2.76. The topological polar surface area (TPSA) is 90.7 Å². The Morgan fingerprint density at radius 3 is 2.88 bits per heavy atom. The molecule has 86 valence electrons. The second-order valence-corrected chi connectivity index (χ2v) is 2.99. The Bertz CT molecular complexity index is 419. The Labute approximate surface area is 98.7 Å². The summed E-state index contributed by atoms with van der Waals surface area (Å²) in [5, 5.41) is 3.81. The lowest BCUT2D eigenvalue weighted by molar-refractivity contribution is 0.376. The van der Waals surface area contributed by atoms with Gasteiger partial charge in [0.05, 0.1) is 6.20 Å². The zero-order chi connectivity index (χ0) is 10.5. The summed E-state index contributed by atoms with van der Waals surface area (Å²) in [7, 11) is 0. The van der Waals surface area contributed by atoms with Gasteiger partial charge in [0.1, 0.15) is 5.69 Å². The fourth-order valence-corrected chi connectivity index (χ4v) is 1.13. The van der Waals surface area contributed by atoms with Gasteiger partial charge in [-0.3, -0.25) is 4.98 Å². The van der Waals surface area contributed by atoms with Crippen molar-refractivity contribution in [3.63, 3.8) is 0 Å². The second kappa shape index (κ2) is 6.14. The van der Waals surface area contributed by atoms with Gasteiger partial charge in [-0.1, -0.05) is 5.16 Å². The van der Waals surface area contributed by atoms with Crippen molar-refractivity contribution in [2.24, 2.45) is 5.73 Å². The minimum atomic E-state index is 0. The molecule has 0 saturated heterocycles. The van der Waals surface area contributed by atoms with Gasteiger partial charge >= 0.3 is 0 Å². The molecule has 0 aliphatic carbocycles. The number of hydrogen-bond donors (Lipinski definition) is 1. The van der Waals surface area contributed by atoms with Gasteiger partial charge in [0, 0.05) is 18.8 Å². The molecule has 2 aromatic rings. The van der Waals surface area contributed by atoms with Crippen molar-refractivity contribution in [1.82, 2.24) is 20.1 Å². The number of hydrogen-bond acceptors (Lipinski definition) is 6. The van der Waals surface area contributed by atoms with Crippen LogP contribution in [0.4, 0.5) is 0 Å². The third-order valence-electron chi connectivity index (χ3n) is 1.86. The molecule has 0 aromatic carbocycles. The highest BCUT2D eigenvalue weighted by Gasteiger charge is 2.08. The first-order chi connectivity index (χ1) is 7.40. The Morgan fingerprint density at radius 1 is 1.31 bits per heavy atom. The van der Waals surface area contributed by atoms with Gasteiger partial charge in [-0.15, -0.1) is 12.4 Å². The normalized spacial score (nSPS) is 9.81. The van der Waals surface area contributed by atoms with Crippen LogP contribution in [-0.2, 0) is 6.42 Å². The first-order valence-corrected chi connectivity index (χ1v) is 4.69. The third-order valence-corrected chi connectivity index (χ3v) is 1.86. The van der Waals surface area contributed by atoms with Gasteiger partial charge in [0.15, 0.2) is 0 Å². The van der Waals surface area contributed by atoms with Crippen LogP contribution in [0.5, 0.6) is 0 Å². The Balaban J connectivity index is 0.00000128. The molecule has 16 heavy (non-hydrogen) atoms. The molecule has 0 saturated carbocycles. The summed E-state index contributed by atoms with van der Waals surface area (Å²) in [5.74, 6) is 1.05. The van der Waals surface area contributed by atoms with Gasteiger partial charge in [0.25, 0.3) is 0 Å². The van der Waals surface area contributed by atoms with E-state index in [1.54, 1.807) is 18.6 Å². The molecular formula is C9H12ClN5O. The molecule has 2 N–H and O–H groups in total. The first-order valence-electron chi connectivity index (χ1n) is 4.69. The zero-order valence-corrected chi connectivity index (χ0v) is 9.35. The van der Waals surface area contributed by atoms with E-state index in [0.717, 1.165) is 6.42 Å². The average molecular weight is 242 g/mol. The van der Waals surface area contributed by atoms with Crippen molar-refractivity contribution < 1.29 is 4.52 Å². The van der Waals surface area contributed by atoms with E-state index in [1.807, 2.05) is 0 Å². The van der Waals surface area contributed by atoms with Gasteiger partial charge in [-0.2, -0.15) is 4.98 Å². The van der Waals surface area contributed by atoms with Gasteiger partial charge < -0.3 is 10.3 Å². The van der Waals surface area contributed by atoms with E-state index in [9.17, 15) is 0 Å². The molecule has 6 nitrogen and oxygen atoms in total. The molecule has 0 bridgehead atoms. The Morgan fingerprint density at radius 2 is 2.19 bits per heavy atom. The molecule has 2 rings (SSSR count). The van der Waals surface area contributed by atoms with Gasteiger partial charge in [-0.05, 0) is 13.0 Å². The van der Waals surface area contributed by atoms with E-state index in [-0.39, 0.29) is 12.4 Å². The number of aryl methyl sites for hydroxylation is 1. The van der Waals surface area contributed by atoms with E-state index in [4.69, 9.17) is 10.3 Å². The van der Waals surface area contributed by atoms with E-state index < -0.39 is 0 Å². The summed E-state index contributed by atoms with van der Waals surface area (Å²) in [6.07, 6.45) is 6.31. The van der Waals surface area contributed by atoms with E-state index in [1.165, 1.54) is 0 Å². The highest BCUT2D eigenvalue weighted by Crippen LogP contribution is 2.11. The molecule has 0 unspecified atom stereocenters. The number of nitrogens with two attached hydrogens (primary N) is 1. The summed E-state index contributed by atoms with van der Waals surface area (Å²) in [6.45, 7) is 0.614. The lowest BCUT2D eigenvalue weighted by Crippen LogP contribution is -2.00. The predicted molar refractivity (Wildman–Crippen MR) is 59.9 cm³/mol. The largest absolute Gasteiger partial charge is 0.339 e. The third kappa shape index (κ3) is 2.98. The Kier molecular flexibility index (Phi) is 4.81. The van der Waals surface area contributed by atoms with Crippen molar-refractivity contribution in [2.45, 2.75) is 12.8 Å². The molecule has 0 fully saturated rings. The maximum atomic E-state index is 5.38. The number of nitrogens with zero attached hydrogens (tertiary/aromatic N) is 4. The molecule has 0 aliphatic rings. The van der Waals surface area contributed by atoms with Crippen LogP contribution in [0.2, 0.25) is 0 Å². The molecule has 7 heteroatoms. The van der Waals surface area contributed by atoms with Crippen LogP contribution in [0, 0.1) is 0 Å². The van der Waals surface area contributed by atoms with Gasteiger partial charge in [-0.25, -0.2) is 4.98 Å². The summed E-state index contributed by atoms with van der Waals surface area (Å²) < 4.78 is 5.04. The second-order valence-electron chi connectivity index (χ2n) is 2.99. The lowest BCUT2D eigenvalue weighted by atomic mass is 10.3. The standard InChI is InChI=1S/C9H11N5O.ClH/c10-3-1-2-8-13-9(14-15-8)7-6-11-4-5-12-7;/h4-6H,1-3,10H2;1H. The van der Waals surface area contributed by atoms with Crippen LogP contribution in [0.15, 0.2) is 23.1 Å². The lowest BCUT2D eigenvalue weighted by Gasteiger charge is -1.89. The maximum Gasteiger partial charge on any atom is 0.227 e. The molecule has 0 radical (unpaired) electrons. The summed E-state index contributed by atoms with van der Waals surface area (Å²) in [4.78, 5) is 12.2. The quantitative estimate of drug-likeness (QED) is 0.853. The minimum Gasteiger partial charge on any atom is -0.339 e. The minimum absolute atomic E-state index is 0. The fraction of sp³-hybridized carbons (Fsp3) is 0.333. The first kappa shape index (κ1) is 12.5. The van der Waals surface area contributed by atoms with Crippen molar-refractivity contribution in [2.75, 3.05) is 6.54 Å². The zero-order valence-electron chi connectivity index (χ0n) is 8.54. The van der Waals surface area contributed by atoms with Crippen molar-refractivity contribution >= 4 is 12.4 Å². The number of aromatic nitrogens is 4. The highest BCUT2D eigenvalue weighted by molar-refractivity contribution is 5.85. The molecule has 0 aliphatic heterocycles. The fourth-order valence-electron chi connectivity index (χ4n) is 1.13. The molecule has 2 heterocycles. The monoisotopic (exact) mass is 241 g/mol. The van der Waals surface area contributed by atoms with Crippen LogP contribution in [-0.4, -0.2) is 26.7 Å². The van der Waals surface area contributed by atoms with Gasteiger partial charge in [0.2, 0.25) is 11.7 Å². The van der Waals surface area contributed by atoms with Crippen molar-refractivity contribution in [1.29, 1.82) is 0 Å². The van der Waals surface area contributed by atoms with Crippen LogP contribution in [0.25, 0.3) is 11.5 Å². The van der Waals surface area contributed by atoms with E-state index >= 15 is 0 Å². The number of halogens is 1. The van der Waals surface area contributed by atoms with Crippen molar-refractivity contribution in [3.05, 3.63) is 24.5 Å². The molecular weight excluding hydrogens is 230 g/mol. The van der Waals surface area contributed by atoms with Crippen LogP contribution in [0.3, 0.4) is 0 Å². The molecule has 0 spiro atoms. The van der Waals surface area contributed by atoms with Crippen LogP contribution < -0.4 is 5.73 Å². The van der Waals surface area contributed by atoms with E-state index in [0.29, 0.717) is 30.4 Å². The SMILES string of the molecule is Cl.NCCCc1nc(-c2cnccn2)no1. The van der Waals surface area contributed by atoms with E-state index in [2.05, 4.69) is 20.1 Å². The molecule has 0 amide bonds. The maximum absolute atomic E-state index is 5.38. The van der Waals surface area contributed by atoms with Crippen molar-refractivity contribution in [3.8, 4) is 11.5 Å².